The fraction of sp³-hybridized carbons (Fsp3) is 1.00. The van der Waals surface area contributed by atoms with Crippen molar-refractivity contribution in [3.8, 4) is 0 Å². The summed E-state index contributed by atoms with van der Waals surface area (Å²) in [7, 11) is 0. The van der Waals surface area contributed by atoms with Gasteiger partial charge in [-0.2, -0.15) is 11.8 Å². The Morgan fingerprint density at radius 1 is 1.33 bits per heavy atom. The molecule has 2 atom stereocenters. The van der Waals surface area contributed by atoms with Crippen LogP contribution in [0.5, 0.6) is 0 Å². The zero-order valence-corrected chi connectivity index (χ0v) is 9.08. The summed E-state index contributed by atoms with van der Waals surface area (Å²) < 4.78 is 0. The minimum Gasteiger partial charge on any atom is -0.307 e. The van der Waals surface area contributed by atoms with E-state index in [4.69, 9.17) is 0 Å². The van der Waals surface area contributed by atoms with Crippen molar-refractivity contribution in [3.05, 3.63) is 0 Å². The molecule has 2 fully saturated rings. The van der Waals surface area contributed by atoms with Crippen LogP contribution in [0.4, 0.5) is 0 Å². The van der Waals surface area contributed by atoms with E-state index in [9.17, 15) is 0 Å². The molecule has 1 saturated heterocycles. The zero-order chi connectivity index (χ0) is 8.77. The molecule has 0 amide bonds. The molecule has 0 aromatic heterocycles. The molecule has 2 unspecified atom stereocenters. The molecule has 1 N–H and O–H groups in total. The van der Waals surface area contributed by atoms with Gasteiger partial charge in [0.2, 0.25) is 0 Å². The van der Waals surface area contributed by atoms with Gasteiger partial charge in [-0.15, -0.1) is 0 Å². The second-order valence-electron chi connectivity index (χ2n) is 4.91. The Balaban J connectivity index is 1.99. The predicted octanol–water partition coefficient (Wildman–Crippen LogP) is 2.27. The number of thioether (sulfide) groups is 1. The minimum atomic E-state index is 0.366. The Bertz CT molecular complexity index is 175. The molecule has 1 heterocycles. The fourth-order valence-corrected chi connectivity index (χ4v) is 3.27. The second kappa shape index (κ2) is 2.91. The molecule has 0 radical (unpaired) electrons. The molecule has 0 bridgehead atoms. The summed E-state index contributed by atoms with van der Waals surface area (Å²) in [6.07, 6.45) is 2.91. The van der Waals surface area contributed by atoms with E-state index >= 15 is 0 Å². The third-order valence-corrected chi connectivity index (χ3v) is 4.61. The molecule has 2 rings (SSSR count). The Morgan fingerprint density at radius 3 is 2.58 bits per heavy atom. The molecule has 1 aliphatic heterocycles. The van der Waals surface area contributed by atoms with Crippen LogP contribution in [0.25, 0.3) is 0 Å². The number of nitrogens with one attached hydrogen (secondary N) is 1. The summed E-state index contributed by atoms with van der Waals surface area (Å²) in [4.78, 5) is 0. The highest BCUT2D eigenvalue weighted by atomic mass is 32.2. The lowest BCUT2D eigenvalue weighted by atomic mass is 10.0. The third-order valence-electron chi connectivity index (χ3n) is 2.90. The monoisotopic (exact) mass is 185 g/mol. The number of hydrogen-bond donors (Lipinski definition) is 1. The Labute approximate surface area is 79.7 Å². The lowest BCUT2D eigenvalue weighted by Crippen LogP contribution is -2.56. The normalized spacial score (nSPS) is 41.2. The Morgan fingerprint density at radius 2 is 2.00 bits per heavy atom. The smallest absolute Gasteiger partial charge is 0.0218 e. The van der Waals surface area contributed by atoms with Crippen molar-refractivity contribution in [2.75, 3.05) is 5.75 Å². The van der Waals surface area contributed by atoms with Crippen LogP contribution in [-0.4, -0.2) is 22.6 Å². The summed E-state index contributed by atoms with van der Waals surface area (Å²) in [6, 6.07) is 0.791. The van der Waals surface area contributed by atoms with E-state index in [0.29, 0.717) is 5.54 Å². The third kappa shape index (κ3) is 1.80. The predicted molar refractivity (Wildman–Crippen MR) is 55.6 cm³/mol. The van der Waals surface area contributed by atoms with Gasteiger partial charge >= 0.3 is 0 Å². The average Bonchev–Trinajstić information content (AvgIpc) is 2.76. The van der Waals surface area contributed by atoms with Gasteiger partial charge in [-0.1, -0.05) is 6.92 Å². The van der Waals surface area contributed by atoms with Gasteiger partial charge in [-0.25, -0.2) is 0 Å². The fourth-order valence-electron chi connectivity index (χ4n) is 2.01. The number of hydrogen-bond acceptors (Lipinski definition) is 2. The van der Waals surface area contributed by atoms with Crippen molar-refractivity contribution in [2.24, 2.45) is 5.92 Å². The molecular weight excluding hydrogens is 166 g/mol. The van der Waals surface area contributed by atoms with Gasteiger partial charge in [-0.3, -0.25) is 0 Å². The molecule has 0 spiro atoms. The lowest BCUT2D eigenvalue weighted by Gasteiger charge is -2.41. The Kier molecular flexibility index (Phi) is 2.16. The summed E-state index contributed by atoms with van der Waals surface area (Å²) in [5.74, 6) is 2.25. The SMILES string of the molecule is CC1SCC(C)(C)NC1C1CC1. The standard InChI is InChI=1S/C10H19NS/c1-7-9(8-4-5-8)11-10(2,3)6-12-7/h7-9,11H,4-6H2,1-3H3. The minimum absolute atomic E-state index is 0.366. The van der Waals surface area contributed by atoms with E-state index in [1.807, 2.05) is 0 Å². The largest absolute Gasteiger partial charge is 0.307 e. The highest BCUT2D eigenvalue weighted by Gasteiger charge is 2.40. The van der Waals surface area contributed by atoms with Crippen molar-refractivity contribution in [2.45, 2.75) is 50.4 Å². The van der Waals surface area contributed by atoms with Crippen LogP contribution in [0.3, 0.4) is 0 Å². The first-order valence-electron chi connectivity index (χ1n) is 4.98. The first-order chi connectivity index (χ1) is 5.58. The van der Waals surface area contributed by atoms with Crippen LogP contribution in [0, 0.1) is 5.92 Å². The van der Waals surface area contributed by atoms with Gasteiger partial charge in [0.15, 0.2) is 0 Å². The van der Waals surface area contributed by atoms with E-state index in [1.165, 1.54) is 18.6 Å². The summed E-state index contributed by atoms with van der Waals surface area (Å²) >= 11 is 2.14. The number of rotatable bonds is 1. The van der Waals surface area contributed by atoms with Crippen LogP contribution in [0.2, 0.25) is 0 Å². The molecule has 0 aromatic carbocycles. The van der Waals surface area contributed by atoms with E-state index in [2.05, 4.69) is 37.8 Å². The van der Waals surface area contributed by atoms with Crippen molar-refractivity contribution in [1.82, 2.24) is 5.32 Å². The summed E-state index contributed by atoms with van der Waals surface area (Å²) in [5.41, 5.74) is 0.366. The Hall–Kier alpha value is 0.310. The molecule has 70 valence electrons. The van der Waals surface area contributed by atoms with Crippen LogP contribution in [-0.2, 0) is 0 Å². The summed E-state index contributed by atoms with van der Waals surface area (Å²) in [6.45, 7) is 7.01. The molecule has 1 nitrogen and oxygen atoms in total. The van der Waals surface area contributed by atoms with Crippen LogP contribution in [0.15, 0.2) is 0 Å². The molecule has 0 aromatic rings. The maximum absolute atomic E-state index is 3.78. The van der Waals surface area contributed by atoms with E-state index < -0.39 is 0 Å². The second-order valence-corrected chi connectivity index (χ2v) is 6.27. The molecule has 2 heteroatoms. The van der Waals surface area contributed by atoms with Crippen molar-refractivity contribution in [1.29, 1.82) is 0 Å². The van der Waals surface area contributed by atoms with Crippen molar-refractivity contribution < 1.29 is 0 Å². The molecule has 2 aliphatic rings. The topological polar surface area (TPSA) is 12.0 Å². The molecular formula is C10H19NS. The van der Waals surface area contributed by atoms with Gasteiger partial charge in [0.05, 0.1) is 0 Å². The average molecular weight is 185 g/mol. The maximum Gasteiger partial charge on any atom is 0.0218 e. The van der Waals surface area contributed by atoms with Gasteiger partial charge in [0.25, 0.3) is 0 Å². The maximum atomic E-state index is 3.78. The van der Waals surface area contributed by atoms with Crippen LogP contribution >= 0.6 is 11.8 Å². The van der Waals surface area contributed by atoms with Gasteiger partial charge in [0.1, 0.15) is 0 Å². The van der Waals surface area contributed by atoms with Crippen molar-refractivity contribution >= 4 is 11.8 Å². The zero-order valence-electron chi connectivity index (χ0n) is 8.26. The van der Waals surface area contributed by atoms with E-state index in [-0.39, 0.29) is 0 Å². The first-order valence-corrected chi connectivity index (χ1v) is 6.03. The van der Waals surface area contributed by atoms with E-state index in [1.54, 1.807) is 0 Å². The lowest BCUT2D eigenvalue weighted by molar-refractivity contribution is 0.323. The van der Waals surface area contributed by atoms with Crippen LogP contribution < -0.4 is 5.32 Å². The van der Waals surface area contributed by atoms with E-state index in [0.717, 1.165) is 17.2 Å². The first kappa shape index (κ1) is 8.89. The van der Waals surface area contributed by atoms with Crippen molar-refractivity contribution in [3.63, 3.8) is 0 Å². The highest BCUT2D eigenvalue weighted by molar-refractivity contribution is 8.00. The molecule has 1 aliphatic carbocycles. The highest BCUT2D eigenvalue weighted by Crippen LogP contribution is 2.40. The van der Waals surface area contributed by atoms with Crippen LogP contribution in [0.1, 0.15) is 33.6 Å². The quantitative estimate of drug-likeness (QED) is 0.672. The van der Waals surface area contributed by atoms with Gasteiger partial charge in [-0.05, 0) is 32.6 Å². The van der Waals surface area contributed by atoms with Gasteiger partial charge < -0.3 is 5.32 Å². The van der Waals surface area contributed by atoms with Gasteiger partial charge in [0, 0.05) is 22.6 Å². The summed E-state index contributed by atoms with van der Waals surface area (Å²) in [5, 5.41) is 4.61. The molecule has 12 heavy (non-hydrogen) atoms. The molecule has 1 saturated carbocycles.